The maximum atomic E-state index is 3.76. The van der Waals surface area contributed by atoms with Crippen LogP contribution in [-0.2, 0) is 0 Å². The molecule has 1 aliphatic carbocycles. The van der Waals surface area contributed by atoms with Crippen LogP contribution in [0.2, 0.25) is 0 Å². The van der Waals surface area contributed by atoms with E-state index in [2.05, 4.69) is 52.7 Å². The van der Waals surface area contributed by atoms with Crippen LogP contribution in [0.3, 0.4) is 0 Å². The van der Waals surface area contributed by atoms with Crippen LogP contribution < -0.4 is 5.43 Å². The highest BCUT2D eigenvalue weighted by atomic mass is 15.5. The smallest absolute Gasteiger partial charge is 0.0492 e. The summed E-state index contributed by atoms with van der Waals surface area (Å²) in [5.41, 5.74) is 5.20. The van der Waals surface area contributed by atoms with Gasteiger partial charge in [0.1, 0.15) is 0 Å². The van der Waals surface area contributed by atoms with Crippen molar-refractivity contribution in [3.8, 4) is 0 Å². The van der Waals surface area contributed by atoms with E-state index < -0.39 is 0 Å². The lowest BCUT2D eigenvalue weighted by molar-refractivity contribution is 0.0820. The van der Waals surface area contributed by atoms with E-state index in [1.807, 2.05) is 0 Å². The zero-order valence-electron chi connectivity index (χ0n) is 11.2. The molecular weight excluding hydrogens is 222 g/mol. The van der Waals surface area contributed by atoms with Gasteiger partial charge in [0.05, 0.1) is 0 Å². The molecule has 2 fully saturated rings. The Morgan fingerprint density at radius 2 is 1.72 bits per heavy atom. The molecule has 0 spiro atoms. The minimum atomic E-state index is 0.523. The maximum absolute atomic E-state index is 3.76. The van der Waals surface area contributed by atoms with E-state index in [0.717, 1.165) is 19.0 Å². The molecule has 0 bridgehead atoms. The van der Waals surface area contributed by atoms with E-state index in [4.69, 9.17) is 0 Å². The molecule has 1 atom stereocenters. The number of nitrogens with zero attached hydrogens (tertiary/aromatic N) is 2. The van der Waals surface area contributed by atoms with Gasteiger partial charge >= 0.3 is 0 Å². The summed E-state index contributed by atoms with van der Waals surface area (Å²) in [4.78, 5) is 2.40. The van der Waals surface area contributed by atoms with Crippen molar-refractivity contribution >= 4 is 0 Å². The molecule has 98 valence electrons. The summed E-state index contributed by atoms with van der Waals surface area (Å²) >= 11 is 0. The normalized spacial score (nSPS) is 24.1. The quantitative estimate of drug-likeness (QED) is 0.874. The van der Waals surface area contributed by atoms with E-state index in [-0.39, 0.29) is 0 Å². The number of rotatable bonds is 4. The second kappa shape index (κ2) is 5.39. The Morgan fingerprint density at radius 3 is 2.33 bits per heavy atom. The monoisotopic (exact) mass is 245 g/mol. The number of hydrogen-bond donors (Lipinski definition) is 1. The summed E-state index contributed by atoms with van der Waals surface area (Å²) in [6.07, 6.45) is 2.75. The van der Waals surface area contributed by atoms with E-state index in [1.165, 1.54) is 31.5 Å². The summed E-state index contributed by atoms with van der Waals surface area (Å²) in [5, 5.41) is 2.41. The summed E-state index contributed by atoms with van der Waals surface area (Å²) < 4.78 is 0. The third-order valence-electron chi connectivity index (χ3n) is 4.08. The van der Waals surface area contributed by atoms with Crippen molar-refractivity contribution in [2.75, 3.05) is 33.2 Å². The SMILES string of the molecule is CN1CCN(NC(c2ccccc2)C2CC2)CC1. The number of nitrogens with one attached hydrogen (secondary N) is 1. The molecule has 1 saturated carbocycles. The van der Waals surface area contributed by atoms with Crippen LogP contribution in [0.5, 0.6) is 0 Å². The molecule has 1 aromatic rings. The number of likely N-dealkylation sites (N-methyl/N-ethyl adjacent to an activating group) is 1. The molecule has 0 amide bonds. The first-order valence-electron chi connectivity index (χ1n) is 7.07. The molecule has 2 aliphatic rings. The van der Waals surface area contributed by atoms with Crippen LogP contribution in [0.1, 0.15) is 24.4 Å². The summed E-state index contributed by atoms with van der Waals surface area (Å²) in [7, 11) is 2.20. The third-order valence-corrected chi connectivity index (χ3v) is 4.08. The molecule has 3 rings (SSSR count). The first-order valence-corrected chi connectivity index (χ1v) is 7.07. The zero-order valence-corrected chi connectivity index (χ0v) is 11.2. The van der Waals surface area contributed by atoms with Crippen molar-refractivity contribution in [1.82, 2.24) is 15.3 Å². The van der Waals surface area contributed by atoms with Crippen LogP contribution in [0.15, 0.2) is 30.3 Å². The average Bonchev–Trinajstić information content (AvgIpc) is 3.23. The largest absolute Gasteiger partial charge is 0.304 e. The van der Waals surface area contributed by atoms with Gasteiger partial charge in [-0.05, 0) is 31.4 Å². The van der Waals surface area contributed by atoms with Gasteiger partial charge in [-0.25, -0.2) is 10.4 Å². The Bertz CT molecular complexity index is 367. The molecule has 3 heteroatoms. The first kappa shape index (κ1) is 12.2. The molecule has 0 radical (unpaired) electrons. The Kier molecular flexibility index (Phi) is 3.64. The Balaban J connectivity index is 1.64. The van der Waals surface area contributed by atoms with E-state index in [1.54, 1.807) is 0 Å². The van der Waals surface area contributed by atoms with Gasteiger partial charge in [-0.2, -0.15) is 0 Å². The summed E-state index contributed by atoms with van der Waals surface area (Å²) in [6.45, 7) is 4.59. The molecule has 18 heavy (non-hydrogen) atoms. The first-order chi connectivity index (χ1) is 8.83. The van der Waals surface area contributed by atoms with Crippen molar-refractivity contribution < 1.29 is 0 Å². The predicted molar refractivity (Wildman–Crippen MR) is 74.1 cm³/mol. The van der Waals surface area contributed by atoms with Crippen LogP contribution >= 0.6 is 0 Å². The molecule has 1 aliphatic heterocycles. The Morgan fingerprint density at radius 1 is 1.06 bits per heavy atom. The second-order valence-electron chi connectivity index (χ2n) is 5.65. The number of piperazine rings is 1. The molecule has 1 unspecified atom stereocenters. The van der Waals surface area contributed by atoms with Gasteiger partial charge in [-0.3, -0.25) is 0 Å². The highest BCUT2D eigenvalue weighted by Crippen LogP contribution is 2.41. The molecule has 0 aromatic heterocycles. The van der Waals surface area contributed by atoms with E-state index in [9.17, 15) is 0 Å². The topological polar surface area (TPSA) is 18.5 Å². The zero-order chi connectivity index (χ0) is 12.4. The Labute approximate surface area is 110 Å². The van der Waals surface area contributed by atoms with E-state index in [0.29, 0.717) is 6.04 Å². The molecular formula is C15H23N3. The fourth-order valence-corrected chi connectivity index (χ4v) is 2.67. The van der Waals surface area contributed by atoms with Gasteiger partial charge < -0.3 is 4.90 Å². The molecule has 1 heterocycles. The van der Waals surface area contributed by atoms with Gasteiger partial charge in [0.15, 0.2) is 0 Å². The second-order valence-corrected chi connectivity index (χ2v) is 5.65. The van der Waals surface area contributed by atoms with Crippen molar-refractivity contribution in [3.63, 3.8) is 0 Å². The minimum Gasteiger partial charge on any atom is -0.304 e. The number of hydrazine groups is 1. The highest BCUT2D eigenvalue weighted by Gasteiger charge is 2.33. The summed E-state index contributed by atoms with van der Waals surface area (Å²) in [6, 6.07) is 11.4. The number of hydrogen-bond acceptors (Lipinski definition) is 3. The van der Waals surface area contributed by atoms with Crippen molar-refractivity contribution in [2.24, 2.45) is 5.92 Å². The molecule has 1 N–H and O–H groups in total. The van der Waals surface area contributed by atoms with Crippen molar-refractivity contribution in [3.05, 3.63) is 35.9 Å². The third kappa shape index (κ3) is 2.91. The fraction of sp³-hybridized carbons (Fsp3) is 0.600. The van der Waals surface area contributed by atoms with Crippen LogP contribution in [0.4, 0.5) is 0 Å². The van der Waals surface area contributed by atoms with Gasteiger partial charge in [0.2, 0.25) is 0 Å². The van der Waals surface area contributed by atoms with Crippen LogP contribution in [0.25, 0.3) is 0 Å². The van der Waals surface area contributed by atoms with Gasteiger partial charge in [-0.1, -0.05) is 30.3 Å². The molecule has 1 aromatic carbocycles. The molecule has 1 saturated heterocycles. The predicted octanol–water partition coefficient (Wildman–Crippen LogP) is 1.89. The standard InChI is InChI=1S/C15H23N3/c1-17-9-11-18(12-10-17)16-15(14-7-8-14)13-5-3-2-4-6-13/h2-6,14-16H,7-12H2,1H3. The lowest BCUT2D eigenvalue weighted by Gasteiger charge is -2.35. The lowest BCUT2D eigenvalue weighted by Crippen LogP contribution is -2.52. The highest BCUT2D eigenvalue weighted by molar-refractivity contribution is 5.20. The Hall–Kier alpha value is -0.900. The lowest BCUT2D eigenvalue weighted by atomic mass is 10.0. The van der Waals surface area contributed by atoms with Gasteiger partial charge in [-0.15, -0.1) is 0 Å². The maximum Gasteiger partial charge on any atom is 0.0492 e. The van der Waals surface area contributed by atoms with Crippen LogP contribution in [0, 0.1) is 5.92 Å². The van der Waals surface area contributed by atoms with Crippen LogP contribution in [-0.4, -0.2) is 43.1 Å². The van der Waals surface area contributed by atoms with E-state index >= 15 is 0 Å². The van der Waals surface area contributed by atoms with Crippen molar-refractivity contribution in [1.29, 1.82) is 0 Å². The summed E-state index contributed by atoms with van der Waals surface area (Å²) in [5.74, 6) is 0.840. The fourth-order valence-electron chi connectivity index (χ4n) is 2.67. The van der Waals surface area contributed by atoms with Gasteiger partial charge in [0, 0.05) is 32.2 Å². The minimum absolute atomic E-state index is 0.523. The van der Waals surface area contributed by atoms with Gasteiger partial charge in [0.25, 0.3) is 0 Å². The average molecular weight is 245 g/mol. The molecule has 3 nitrogen and oxygen atoms in total. The van der Waals surface area contributed by atoms with Crippen molar-refractivity contribution in [2.45, 2.75) is 18.9 Å². The number of benzene rings is 1.